The summed E-state index contributed by atoms with van der Waals surface area (Å²) in [7, 11) is -1.89. The maximum atomic E-state index is 12.7. The molecule has 8 heteroatoms. The Labute approximate surface area is 147 Å². The van der Waals surface area contributed by atoms with E-state index in [1.165, 1.54) is 21.3 Å². The minimum Gasteiger partial charge on any atom is -0.361 e. The van der Waals surface area contributed by atoms with Gasteiger partial charge in [-0.3, -0.25) is 4.79 Å². The zero-order chi connectivity index (χ0) is 18.0. The van der Waals surface area contributed by atoms with Gasteiger partial charge in [0.05, 0.1) is 11.4 Å². The van der Waals surface area contributed by atoms with Crippen molar-refractivity contribution in [3.8, 4) is 0 Å². The van der Waals surface area contributed by atoms with Crippen LogP contribution in [0.3, 0.4) is 0 Å². The summed E-state index contributed by atoms with van der Waals surface area (Å²) in [4.78, 5) is 14.3. The number of aromatic nitrogens is 1. The van der Waals surface area contributed by atoms with Gasteiger partial charge in [0.1, 0.15) is 11.5 Å². The van der Waals surface area contributed by atoms with E-state index in [-0.39, 0.29) is 10.8 Å². The van der Waals surface area contributed by atoms with Gasteiger partial charge >= 0.3 is 0 Å². The largest absolute Gasteiger partial charge is 0.361 e. The summed E-state index contributed by atoms with van der Waals surface area (Å²) in [6.45, 7) is 3.14. The number of hydrogen-bond acceptors (Lipinski definition) is 5. The molecule has 0 aliphatic carbocycles. The van der Waals surface area contributed by atoms with Gasteiger partial charge in [-0.2, -0.15) is 4.31 Å². The summed E-state index contributed by atoms with van der Waals surface area (Å²) in [5, 5.41) is 3.87. The monoisotopic (exact) mass is 363 g/mol. The summed E-state index contributed by atoms with van der Waals surface area (Å²) in [6, 6.07) is 7.96. The number of hydrogen-bond donors (Lipinski definition) is 0. The molecule has 0 atom stereocenters. The van der Waals surface area contributed by atoms with Crippen molar-refractivity contribution >= 4 is 15.9 Å². The molecule has 0 bridgehead atoms. The number of rotatable bonds is 5. The van der Waals surface area contributed by atoms with E-state index < -0.39 is 10.0 Å². The molecule has 1 aromatic carbocycles. The van der Waals surface area contributed by atoms with Crippen molar-refractivity contribution < 1.29 is 17.7 Å². The van der Waals surface area contributed by atoms with E-state index in [2.05, 4.69) is 5.16 Å². The Morgan fingerprint density at radius 1 is 1.28 bits per heavy atom. The zero-order valence-corrected chi connectivity index (χ0v) is 15.1. The lowest BCUT2D eigenvalue weighted by atomic mass is 10.2. The number of benzene rings is 1. The molecular weight excluding hydrogens is 342 g/mol. The lowest BCUT2D eigenvalue weighted by Gasteiger charge is -2.18. The van der Waals surface area contributed by atoms with Crippen molar-refractivity contribution in [2.45, 2.75) is 31.2 Å². The molecule has 0 unspecified atom stereocenters. The van der Waals surface area contributed by atoms with Crippen molar-refractivity contribution in [3.05, 3.63) is 47.3 Å². The van der Waals surface area contributed by atoms with Crippen molar-refractivity contribution in [1.82, 2.24) is 14.4 Å². The minimum atomic E-state index is -3.54. The Morgan fingerprint density at radius 2 is 2.00 bits per heavy atom. The van der Waals surface area contributed by atoms with Gasteiger partial charge in [0.2, 0.25) is 10.0 Å². The molecule has 1 aromatic heterocycles. The van der Waals surface area contributed by atoms with Gasteiger partial charge in [-0.15, -0.1) is 0 Å². The van der Waals surface area contributed by atoms with Crippen molar-refractivity contribution in [3.63, 3.8) is 0 Å². The topological polar surface area (TPSA) is 83.7 Å². The van der Waals surface area contributed by atoms with E-state index in [4.69, 9.17) is 4.52 Å². The highest BCUT2D eigenvalue weighted by molar-refractivity contribution is 7.89. The lowest BCUT2D eigenvalue weighted by Crippen LogP contribution is -2.29. The molecule has 2 aromatic rings. The van der Waals surface area contributed by atoms with Gasteiger partial charge in [0.25, 0.3) is 5.91 Å². The molecule has 134 valence electrons. The Kier molecular flexibility index (Phi) is 4.91. The molecule has 0 spiro atoms. The van der Waals surface area contributed by atoms with E-state index in [1.807, 2.05) is 0 Å². The van der Waals surface area contributed by atoms with Gasteiger partial charge in [-0.25, -0.2) is 8.42 Å². The Balaban J connectivity index is 1.79. The number of aryl methyl sites for hydroxylation is 1. The highest BCUT2D eigenvalue weighted by atomic mass is 32.2. The molecule has 1 saturated heterocycles. The fourth-order valence-corrected chi connectivity index (χ4v) is 4.46. The van der Waals surface area contributed by atoms with Crippen molar-refractivity contribution in [2.24, 2.45) is 0 Å². The first-order valence-electron chi connectivity index (χ1n) is 8.16. The maximum absolute atomic E-state index is 12.7. The fraction of sp³-hybridized carbons (Fsp3) is 0.412. The maximum Gasteiger partial charge on any atom is 0.253 e. The van der Waals surface area contributed by atoms with E-state index in [0.29, 0.717) is 36.7 Å². The Bertz CT molecular complexity index is 870. The van der Waals surface area contributed by atoms with Crippen LogP contribution in [-0.2, 0) is 16.6 Å². The molecule has 1 amide bonds. The molecule has 0 radical (unpaired) electrons. The highest BCUT2D eigenvalue weighted by Gasteiger charge is 2.28. The first-order chi connectivity index (χ1) is 11.9. The van der Waals surface area contributed by atoms with Gasteiger partial charge in [0.15, 0.2) is 0 Å². The quantitative estimate of drug-likeness (QED) is 0.812. The van der Waals surface area contributed by atoms with Crippen LogP contribution in [-0.4, -0.2) is 48.8 Å². The third-order valence-corrected chi connectivity index (χ3v) is 6.10. The molecule has 7 nitrogen and oxygen atoms in total. The van der Waals surface area contributed by atoms with Crippen LogP contribution >= 0.6 is 0 Å². The van der Waals surface area contributed by atoms with Gasteiger partial charge in [-0.05, 0) is 38.0 Å². The highest BCUT2D eigenvalue weighted by Crippen LogP contribution is 2.22. The second-order valence-corrected chi connectivity index (χ2v) is 8.17. The summed E-state index contributed by atoms with van der Waals surface area (Å²) in [5.74, 6) is 0.411. The SMILES string of the molecule is Cc1cc(CN(C)C(=O)c2cccc(S(=O)(=O)N3CCCC3)c2)no1. The second-order valence-electron chi connectivity index (χ2n) is 6.23. The van der Waals surface area contributed by atoms with Gasteiger partial charge in [-0.1, -0.05) is 11.2 Å². The minimum absolute atomic E-state index is 0.158. The first kappa shape index (κ1) is 17.6. The van der Waals surface area contributed by atoms with E-state index >= 15 is 0 Å². The number of carbonyl (C=O) groups is 1. The number of carbonyl (C=O) groups excluding carboxylic acids is 1. The molecular formula is C17H21N3O4S. The Morgan fingerprint density at radius 3 is 2.64 bits per heavy atom. The van der Waals surface area contributed by atoms with Crippen LogP contribution in [0.25, 0.3) is 0 Å². The molecule has 1 aliphatic rings. The van der Waals surface area contributed by atoms with E-state index in [9.17, 15) is 13.2 Å². The summed E-state index contributed by atoms with van der Waals surface area (Å²) >= 11 is 0. The predicted molar refractivity (Wildman–Crippen MR) is 91.5 cm³/mol. The fourth-order valence-electron chi connectivity index (χ4n) is 2.89. The number of nitrogens with zero attached hydrogens (tertiary/aromatic N) is 3. The van der Waals surface area contributed by atoms with Crippen LogP contribution in [0, 0.1) is 6.92 Å². The van der Waals surface area contributed by atoms with Crippen LogP contribution in [0.1, 0.15) is 34.7 Å². The standard InChI is InChI=1S/C17H21N3O4S/c1-13-10-15(18-24-13)12-19(2)17(21)14-6-5-7-16(11-14)25(22,23)20-8-3-4-9-20/h5-7,10-11H,3-4,8-9,12H2,1-2H3. The third-order valence-electron chi connectivity index (χ3n) is 4.21. The zero-order valence-electron chi connectivity index (χ0n) is 14.3. The molecule has 1 fully saturated rings. The van der Waals surface area contributed by atoms with Crippen molar-refractivity contribution in [1.29, 1.82) is 0 Å². The predicted octanol–water partition coefficient (Wildman–Crippen LogP) is 2.04. The summed E-state index contributed by atoms with van der Waals surface area (Å²) < 4.78 is 31.8. The lowest BCUT2D eigenvalue weighted by molar-refractivity contribution is 0.0782. The van der Waals surface area contributed by atoms with Crippen molar-refractivity contribution in [2.75, 3.05) is 20.1 Å². The molecule has 3 rings (SSSR count). The smallest absolute Gasteiger partial charge is 0.253 e. The molecule has 1 aliphatic heterocycles. The van der Waals surface area contributed by atoms with Crippen LogP contribution in [0.5, 0.6) is 0 Å². The molecule has 2 heterocycles. The first-order valence-corrected chi connectivity index (χ1v) is 9.60. The van der Waals surface area contributed by atoms with Crippen LogP contribution in [0.4, 0.5) is 0 Å². The van der Waals surface area contributed by atoms with Gasteiger partial charge in [0, 0.05) is 31.8 Å². The Hall–Kier alpha value is -2.19. The molecule has 0 N–H and O–H groups in total. The van der Waals surface area contributed by atoms with Crippen LogP contribution in [0.2, 0.25) is 0 Å². The van der Waals surface area contributed by atoms with Crippen LogP contribution < -0.4 is 0 Å². The molecule has 25 heavy (non-hydrogen) atoms. The summed E-state index contributed by atoms with van der Waals surface area (Å²) in [6.07, 6.45) is 1.75. The van der Waals surface area contributed by atoms with E-state index in [1.54, 1.807) is 32.2 Å². The average Bonchev–Trinajstić information content (AvgIpc) is 3.26. The second kappa shape index (κ2) is 6.97. The van der Waals surface area contributed by atoms with Gasteiger partial charge < -0.3 is 9.42 Å². The number of amides is 1. The van der Waals surface area contributed by atoms with E-state index in [0.717, 1.165) is 12.8 Å². The molecule has 0 saturated carbocycles. The number of sulfonamides is 1. The average molecular weight is 363 g/mol. The summed E-state index contributed by atoms with van der Waals surface area (Å²) in [5.41, 5.74) is 0.984. The van der Waals surface area contributed by atoms with Crippen LogP contribution in [0.15, 0.2) is 39.8 Å². The normalized spacial score (nSPS) is 15.4. The third kappa shape index (κ3) is 3.74.